The average Bonchev–Trinajstić information content (AvgIpc) is 3.05. The number of rotatable bonds is 5. The van der Waals surface area contributed by atoms with Crippen LogP contribution < -0.4 is 5.32 Å². The van der Waals surface area contributed by atoms with Crippen LogP contribution in [0.3, 0.4) is 0 Å². The van der Waals surface area contributed by atoms with Gasteiger partial charge in [0.2, 0.25) is 0 Å². The Labute approximate surface area is 147 Å². The molecule has 0 atom stereocenters. The van der Waals surface area contributed by atoms with Gasteiger partial charge >= 0.3 is 0 Å². The standard InChI is InChI=1S/C18H15BrFN3O/c19-16-8-14(9-17(20)10-16)11-21-18(24)15-4-2-13(3-5-15)12-23-7-1-6-22-23/h1-10H,11-12H2,(H,21,24). The summed E-state index contributed by atoms with van der Waals surface area (Å²) in [4.78, 5) is 12.2. The molecule has 0 saturated carbocycles. The predicted octanol–water partition coefficient (Wildman–Crippen LogP) is 3.76. The maximum atomic E-state index is 13.3. The number of hydrogen-bond acceptors (Lipinski definition) is 2. The van der Waals surface area contributed by atoms with Crippen molar-refractivity contribution < 1.29 is 9.18 Å². The molecule has 1 N–H and O–H groups in total. The summed E-state index contributed by atoms with van der Waals surface area (Å²) in [6.45, 7) is 0.927. The fourth-order valence-electron chi connectivity index (χ4n) is 2.34. The smallest absolute Gasteiger partial charge is 0.251 e. The first-order valence-electron chi connectivity index (χ1n) is 7.40. The number of amides is 1. The van der Waals surface area contributed by atoms with E-state index in [1.807, 2.05) is 29.1 Å². The molecule has 3 aromatic rings. The second-order valence-corrected chi connectivity index (χ2v) is 6.28. The lowest BCUT2D eigenvalue weighted by Crippen LogP contribution is -2.22. The van der Waals surface area contributed by atoms with Crippen LogP contribution in [0, 0.1) is 5.82 Å². The molecule has 24 heavy (non-hydrogen) atoms. The molecule has 0 aliphatic heterocycles. The number of nitrogens with zero attached hydrogens (tertiary/aromatic N) is 2. The zero-order valence-electron chi connectivity index (χ0n) is 12.7. The van der Waals surface area contributed by atoms with E-state index in [2.05, 4.69) is 26.3 Å². The lowest BCUT2D eigenvalue weighted by atomic mass is 10.1. The van der Waals surface area contributed by atoms with Crippen molar-refractivity contribution in [1.82, 2.24) is 15.1 Å². The Bertz CT molecular complexity index is 812. The first-order valence-corrected chi connectivity index (χ1v) is 8.19. The van der Waals surface area contributed by atoms with Crippen LogP contribution in [0.5, 0.6) is 0 Å². The highest BCUT2D eigenvalue weighted by molar-refractivity contribution is 9.10. The summed E-state index contributed by atoms with van der Waals surface area (Å²) in [5.41, 5.74) is 2.32. The molecule has 1 heterocycles. The third kappa shape index (κ3) is 4.29. The lowest BCUT2D eigenvalue weighted by molar-refractivity contribution is 0.0951. The van der Waals surface area contributed by atoms with Crippen molar-refractivity contribution in [2.24, 2.45) is 0 Å². The third-order valence-corrected chi connectivity index (χ3v) is 3.95. The summed E-state index contributed by atoms with van der Waals surface area (Å²) >= 11 is 3.24. The Kier molecular flexibility index (Phi) is 5.05. The van der Waals surface area contributed by atoms with Crippen LogP contribution in [-0.4, -0.2) is 15.7 Å². The minimum Gasteiger partial charge on any atom is -0.348 e. The van der Waals surface area contributed by atoms with Crippen molar-refractivity contribution in [1.29, 1.82) is 0 Å². The van der Waals surface area contributed by atoms with Crippen LogP contribution in [-0.2, 0) is 13.1 Å². The second-order valence-electron chi connectivity index (χ2n) is 5.36. The van der Waals surface area contributed by atoms with Gasteiger partial charge in [0.15, 0.2) is 0 Å². The first-order chi connectivity index (χ1) is 11.6. The van der Waals surface area contributed by atoms with E-state index in [1.54, 1.807) is 24.4 Å². The van der Waals surface area contributed by atoms with Crippen LogP contribution in [0.25, 0.3) is 0 Å². The quantitative estimate of drug-likeness (QED) is 0.724. The number of hydrogen-bond donors (Lipinski definition) is 1. The van der Waals surface area contributed by atoms with Crippen molar-refractivity contribution >= 4 is 21.8 Å². The van der Waals surface area contributed by atoms with E-state index in [1.165, 1.54) is 12.1 Å². The summed E-state index contributed by atoms with van der Waals surface area (Å²) < 4.78 is 15.8. The van der Waals surface area contributed by atoms with Crippen molar-refractivity contribution in [3.05, 3.63) is 87.9 Å². The van der Waals surface area contributed by atoms with Gasteiger partial charge in [-0.1, -0.05) is 28.1 Å². The Hall–Kier alpha value is -2.47. The highest BCUT2D eigenvalue weighted by atomic mass is 79.9. The van der Waals surface area contributed by atoms with Gasteiger partial charge < -0.3 is 5.32 Å². The number of nitrogens with one attached hydrogen (secondary N) is 1. The summed E-state index contributed by atoms with van der Waals surface area (Å²) in [6.07, 6.45) is 3.62. The number of benzene rings is 2. The molecule has 1 aromatic heterocycles. The van der Waals surface area contributed by atoms with Gasteiger partial charge in [0.25, 0.3) is 5.91 Å². The molecule has 3 rings (SSSR count). The normalized spacial score (nSPS) is 10.6. The molecule has 6 heteroatoms. The second kappa shape index (κ2) is 7.40. The molecule has 0 fully saturated rings. The zero-order chi connectivity index (χ0) is 16.9. The molecule has 0 saturated heterocycles. The molecule has 4 nitrogen and oxygen atoms in total. The Balaban J connectivity index is 1.60. The Morgan fingerprint density at radius 2 is 1.96 bits per heavy atom. The van der Waals surface area contributed by atoms with E-state index in [4.69, 9.17) is 0 Å². The molecule has 0 radical (unpaired) electrons. The maximum Gasteiger partial charge on any atom is 0.251 e. The van der Waals surface area contributed by atoms with Gasteiger partial charge in [-0.25, -0.2) is 4.39 Å². The van der Waals surface area contributed by atoms with Gasteiger partial charge in [-0.2, -0.15) is 5.10 Å². The molecular weight excluding hydrogens is 373 g/mol. The Morgan fingerprint density at radius 1 is 1.17 bits per heavy atom. The van der Waals surface area contributed by atoms with E-state index in [9.17, 15) is 9.18 Å². The summed E-state index contributed by atoms with van der Waals surface area (Å²) in [7, 11) is 0. The molecule has 0 unspecified atom stereocenters. The van der Waals surface area contributed by atoms with Crippen molar-refractivity contribution in [3.8, 4) is 0 Å². The summed E-state index contributed by atoms with van der Waals surface area (Å²) in [6, 6.07) is 13.8. The van der Waals surface area contributed by atoms with E-state index in [0.717, 1.165) is 5.56 Å². The highest BCUT2D eigenvalue weighted by Gasteiger charge is 2.06. The number of halogens is 2. The number of carbonyl (C=O) groups excluding carboxylic acids is 1. The van der Waals surface area contributed by atoms with Crippen molar-refractivity contribution in [3.63, 3.8) is 0 Å². The molecule has 0 aliphatic rings. The minimum absolute atomic E-state index is 0.193. The molecule has 1 amide bonds. The van der Waals surface area contributed by atoms with Gasteiger partial charge in [0, 0.05) is 29.0 Å². The first kappa shape index (κ1) is 16.4. The van der Waals surface area contributed by atoms with E-state index >= 15 is 0 Å². The number of carbonyl (C=O) groups is 1. The van der Waals surface area contributed by atoms with Gasteiger partial charge in [-0.15, -0.1) is 0 Å². The van der Waals surface area contributed by atoms with Crippen LogP contribution in [0.15, 0.2) is 65.4 Å². The van der Waals surface area contributed by atoms with Crippen LogP contribution in [0.4, 0.5) is 4.39 Å². The van der Waals surface area contributed by atoms with Gasteiger partial charge in [-0.05, 0) is 47.5 Å². The lowest BCUT2D eigenvalue weighted by Gasteiger charge is -2.07. The molecule has 0 bridgehead atoms. The maximum absolute atomic E-state index is 13.3. The summed E-state index contributed by atoms with van der Waals surface area (Å²) in [5, 5.41) is 6.94. The van der Waals surface area contributed by atoms with Gasteiger partial charge in [0.1, 0.15) is 5.82 Å². The fraction of sp³-hybridized carbons (Fsp3) is 0.111. The van der Waals surface area contributed by atoms with Crippen molar-refractivity contribution in [2.45, 2.75) is 13.1 Å². The monoisotopic (exact) mass is 387 g/mol. The van der Waals surface area contributed by atoms with E-state index < -0.39 is 0 Å². The van der Waals surface area contributed by atoms with Crippen LogP contribution in [0.1, 0.15) is 21.5 Å². The van der Waals surface area contributed by atoms with Crippen LogP contribution >= 0.6 is 15.9 Å². The molecule has 0 aliphatic carbocycles. The Morgan fingerprint density at radius 3 is 2.62 bits per heavy atom. The predicted molar refractivity (Wildman–Crippen MR) is 93.0 cm³/mol. The van der Waals surface area contributed by atoms with E-state index in [-0.39, 0.29) is 18.3 Å². The topological polar surface area (TPSA) is 46.9 Å². The third-order valence-electron chi connectivity index (χ3n) is 3.50. The molecule has 0 spiro atoms. The molecular formula is C18H15BrFN3O. The summed E-state index contributed by atoms with van der Waals surface area (Å²) in [5.74, 6) is -0.530. The zero-order valence-corrected chi connectivity index (χ0v) is 14.3. The van der Waals surface area contributed by atoms with Gasteiger partial charge in [0.05, 0.1) is 6.54 Å². The molecule has 2 aromatic carbocycles. The van der Waals surface area contributed by atoms with Crippen LogP contribution in [0.2, 0.25) is 0 Å². The van der Waals surface area contributed by atoms with Crippen molar-refractivity contribution in [2.75, 3.05) is 0 Å². The molecule has 122 valence electrons. The fourth-order valence-corrected chi connectivity index (χ4v) is 2.85. The largest absolute Gasteiger partial charge is 0.348 e. The van der Waals surface area contributed by atoms with Gasteiger partial charge in [-0.3, -0.25) is 9.48 Å². The average molecular weight is 388 g/mol. The van der Waals surface area contributed by atoms with E-state index in [0.29, 0.717) is 22.1 Å². The minimum atomic E-state index is -0.336. The SMILES string of the molecule is O=C(NCc1cc(F)cc(Br)c1)c1ccc(Cn2cccn2)cc1. The highest BCUT2D eigenvalue weighted by Crippen LogP contribution is 2.15. The number of aromatic nitrogens is 2.